The number of nitrogens with one attached hydrogen (secondary N) is 2. The molecule has 0 aliphatic heterocycles. The van der Waals surface area contributed by atoms with Crippen LogP contribution in [-0.4, -0.2) is 40.6 Å². The number of aryl methyl sites for hydroxylation is 1. The molecular formula is C20H16N8O. The number of pyridine rings is 1. The number of aromatic amines is 1. The lowest BCUT2D eigenvalue weighted by Gasteiger charge is -2.05. The summed E-state index contributed by atoms with van der Waals surface area (Å²) in [5.74, 6) is 0.680. The summed E-state index contributed by atoms with van der Waals surface area (Å²) in [4.78, 5) is 17.2. The van der Waals surface area contributed by atoms with Crippen LogP contribution in [0.1, 0.15) is 10.5 Å². The van der Waals surface area contributed by atoms with E-state index in [1.54, 1.807) is 46.0 Å². The Kier molecular flexibility index (Phi) is 3.91. The van der Waals surface area contributed by atoms with Gasteiger partial charge in [0.05, 0.1) is 5.39 Å². The third-order valence-electron chi connectivity index (χ3n) is 4.53. The smallest absolute Gasteiger partial charge is 0.275 e. The minimum Gasteiger partial charge on any atom is -0.305 e. The van der Waals surface area contributed by atoms with E-state index in [-0.39, 0.29) is 11.6 Å². The van der Waals surface area contributed by atoms with Crippen LogP contribution >= 0.6 is 0 Å². The fourth-order valence-electron chi connectivity index (χ4n) is 3.19. The number of hydrogen-bond acceptors (Lipinski definition) is 5. The lowest BCUT2D eigenvalue weighted by Crippen LogP contribution is -2.15. The van der Waals surface area contributed by atoms with Crippen molar-refractivity contribution in [3.8, 4) is 17.1 Å². The van der Waals surface area contributed by atoms with Crippen LogP contribution in [0.4, 0.5) is 5.82 Å². The molecule has 0 unspecified atom stereocenters. The molecule has 0 fully saturated rings. The van der Waals surface area contributed by atoms with Crippen LogP contribution in [0.25, 0.3) is 28.1 Å². The maximum Gasteiger partial charge on any atom is 0.275 e. The standard InChI is InChI=1S/C20H16N8O/c1-27-19-16(17(26-27)13-7-3-2-4-8-13)18(24-25-19)23-20(29)14-9-5-10-15(22-14)28-12-6-11-21-28/h2-12H,1H3,(H2,23,24,25,29). The Bertz CT molecular complexity index is 1300. The Hall–Kier alpha value is -4.27. The quantitative estimate of drug-likeness (QED) is 0.496. The first kappa shape index (κ1) is 16.9. The average molecular weight is 384 g/mol. The monoisotopic (exact) mass is 384 g/mol. The Morgan fingerprint density at radius 2 is 1.93 bits per heavy atom. The van der Waals surface area contributed by atoms with E-state index in [2.05, 4.69) is 30.7 Å². The normalized spacial score (nSPS) is 11.1. The maximum absolute atomic E-state index is 12.9. The van der Waals surface area contributed by atoms with Crippen molar-refractivity contribution >= 4 is 22.8 Å². The Morgan fingerprint density at radius 1 is 1.07 bits per heavy atom. The van der Waals surface area contributed by atoms with Gasteiger partial charge in [0.2, 0.25) is 0 Å². The molecule has 0 aliphatic rings. The second kappa shape index (κ2) is 6.71. The lowest BCUT2D eigenvalue weighted by molar-refractivity contribution is 0.102. The first-order valence-corrected chi connectivity index (χ1v) is 8.95. The van der Waals surface area contributed by atoms with E-state index in [1.807, 2.05) is 37.4 Å². The fourth-order valence-corrected chi connectivity index (χ4v) is 3.19. The van der Waals surface area contributed by atoms with Gasteiger partial charge in [-0.05, 0) is 18.2 Å². The minimum atomic E-state index is -0.354. The van der Waals surface area contributed by atoms with Gasteiger partial charge in [0.25, 0.3) is 5.91 Å². The summed E-state index contributed by atoms with van der Waals surface area (Å²) in [5, 5.41) is 19.5. The molecule has 0 spiro atoms. The Balaban J connectivity index is 1.51. The van der Waals surface area contributed by atoms with Crippen molar-refractivity contribution in [2.24, 2.45) is 7.05 Å². The zero-order valence-electron chi connectivity index (χ0n) is 15.4. The number of fused-ring (bicyclic) bond motifs is 1. The van der Waals surface area contributed by atoms with E-state index in [9.17, 15) is 4.79 Å². The topological polar surface area (TPSA) is 106 Å². The van der Waals surface area contributed by atoms with Crippen LogP contribution in [0.15, 0.2) is 67.0 Å². The number of H-pyrrole nitrogens is 1. The average Bonchev–Trinajstić information content (AvgIpc) is 3.49. The number of amides is 1. The number of anilines is 1. The highest BCUT2D eigenvalue weighted by atomic mass is 16.2. The number of rotatable bonds is 4. The van der Waals surface area contributed by atoms with Gasteiger partial charge >= 0.3 is 0 Å². The molecule has 0 bridgehead atoms. The molecule has 142 valence electrons. The zero-order valence-corrected chi connectivity index (χ0v) is 15.4. The molecule has 0 radical (unpaired) electrons. The summed E-state index contributed by atoms with van der Waals surface area (Å²) < 4.78 is 3.28. The lowest BCUT2D eigenvalue weighted by atomic mass is 10.1. The van der Waals surface area contributed by atoms with E-state index in [4.69, 9.17) is 0 Å². The summed E-state index contributed by atoms with van der Waals surface area (Å²) in [6.07, 6.45) is 3.42. The number of carbonyl (C=O) groups excluding carboxylic acids is 1. The molecule has 4 aromatic heterocycles. The van der Waals surface area contributed by atoms with Gasteiger partial charge in [0, 0.05) is 25.0 Å². The van der Waals surface area contributed by atoms with Gasteiger partial charge in [0.1, 0.15) is 17.2 Å². The summed E-state index contributed by atoms with van der Waals surface area (Å²) in [6, 6.07) is 16.8. The molecule has 0 saturated heterocycles. The molecule has 5 rings (SSSR count). The van der Waals surface area contributed by atoms with Crippen molar-refractivity contribution in [3.63, 3.8) is 0 Å². The second-order valence-electron chi connectivity index (χ2n) is 6.42. The summed E-state index contributed by atoms with van der Waals surface area (Å²) in [6.45, 7) is 0. The number of carbonyl (C=O) groups is 1. The third kappa shape index (κ3) is 2.94. The van der Waals surface area contributed by atoms with E-state index in [0.29, 0.717) is 17.3 Å². The van der Waals surface area contributed by atoms with Gasteiger partial charge in [-0.1, -0.05) is 36.4 Å². The molecule has 5 aromatic rings. The predicted octanol–water partition coefficient (Wildman–Crippen LogP) is 2.80. The van der Waals surface area contributed by atoms with Gasteiger partial charge < -0.3 is 5.32 Å². The van der Waals surface area contributed by atoms with Crippen molar-refractivity contribution in [2.75, 3.05) is 5.32 Å². The van der Waals surface area contributed by atoms with Crippen molar-refractivity contribution in [1.82, 2.24) is 34.7 Å². The Morgan fingerprint density at radius 3 is 2.72 bits per heavy atom. The van der Waals surface area contributed by atoms with Crippen LogP contribution in [0.3, 0.4) is 0 Å². The fraction of sp³-hybridized carbons (Fsp3) is 0.0500. The van der Waals surface area contributed by atoms with Gasteiger partial charge in [-0.2, -0.15) is 15.3 Å². The number of hydrogen-bond donors (Lipinski definition) is 2. The van der Waals surface area contributed by atoms with Crippen molar-refractivity contribution in [3.05, 3.63) is 72.7 Å². The molecule has 1 aromatic carbocycles. The molecule has 2 N–H and O–H groups in total. The molecule has 4 heterocycles. The van der Waals surface area contributed by atoms with Crippen LogP contribution in [0.5, 0.6) is 0 Å². The SMILES string of the molecule is Cn1nc(-c2ccccc2)c2c(NC(=O)c3cccc(-n4cccn4)n3)[nH]nc21. The van der Waals surface area contributed by atoms with Gasteiger partial charge in [-0.25, -0.2) is 14.3 Å². The van der Waals surface area contributed by atoms with E-state index >= 15 is 0 Å². The van der Waals surface area contributed by atoms with Crippen molar-refractivity contribution in [1.29, 1.82) is 0 Å². The second-order valence-corrected chi connectivity index (χ2v) is 6.42. The Labute approximate surface area is 165 Å². The van der Waals surface area contributed by atoms with Crippen molar-refractivity contribution < 1.29 is 4.79 Å². The largest absolute Gasteiger partial charge is 0.305 e. The van der Waals surface area contributed by atoms with E-state index < -0.39 is 0 Å². The zero-order chi connectivity index (χ0) is 19.8. The highest BCUT2D eigenvalue weighted by molar-refractivity contribution is 6.09. The molecule has 0 atom stereocenters. The van der Waals surface area contributed by atoms with Crippen LogP contribution in [-0.2, 0) is 7.05 Å². The predicted molar refractivity (Wildman–Crippen MR) is 108 cm³/mol. The molecule has 9 heteroatoms. The van der Waals surface area contributed by atoms with Crippen LogP contribution in [0.2, 0.25) is 0 Å². The molecule has 0 saturated carbocycles. The summed E-state index contributed by atoms with van der Waals surface area (Å²) in [5.41, 5.74) is 2.60. The van der Waals surface area contributed by atoms with Crippen LogP contribution < -0.4 is 5.32 Å². The van der Waals surface area contributed by atoms with Gasteiger partial charge in [-0.3, -0.25) is 9.89 Å². The molecule has 29 heavy (non-hydrogen) atoms. The molecule has 0 aliphatic carbocycles. The number of nitrogens with zero attached hydrogens (tertiary/aromatic N) is 6. The van der Waals surface area contributed by atoms with Crippen LogP contribution in [0, 0.1) is 0 Å². The first-order chi connectivity index (χ1) is 14.2. The third-order valence-corrected chi connectivity index (χ3v) is 4.53. The summed E-state index contributed by atoms with van der Waals surface area (Å²) in [7, 11) is 1.82. The number of aromatic nitrogens is 7. The van der Waals surface area contributed by atoms with E-state index in [1.165, 1.54) is 0 Å². The highest BCUT2D eigenvalue weighted by Gasteiger charge is 2.20. The highest BCUT2D eigenvalue weighted by Crippen LogP contribution is 2.31. The first-order valence-electron chi connectivity index (χ1n) is 8.95. The minimum absolute atomic E-state index is 0.269. The number of benzene rings is 1. The van der Waals surface area contributed by atoms with Gasteiger partial charge in [0.15, 0.2) is 11.5 Å². The molecular weight excluding hydrogens is 368 g/mol. The van der Waals surface area contributed by atoms with E-state index in [0.717, 1.165) is 16.6 Å². The maximum atomic E-state index is 12.9. The summed E-state index contributed by atoms with van der Waals surface area (Å²) >= 11 is 0. The van der Waals surface area contributed by atoms with Gasteiger partial charge in [-0.15, -0.1) is 0 Å². The molecule has 9 nitrogen and oxygen atoms in total. The van der Waals surface area contributed by atoms with Crippen molar-refractivity contribution in [2.45, 2.75) is 0 Å². The molecule has 1 amide bonds.